The van der Waals surface area contributed by atoms with E-state index in [1.165, 1.54) is 0 Å². The van der Waals surface area contributed by atoms with Crippen LogP contribution in [0.3, 0.4) is 0 Å². The molecule has 0 saturated heterocycles. The number of aliphatic imine (C=N–C) groups is 1. The van der Waals surface area contributed by atoms with Crippen molar-refractivity contribution in [3.8, 4) is 0 Å². The molecule has 2 aromatic carbocycles. The molecule has 9 nitrogen and oxygen atoms in total. The molecular formula is C22H26FN5O4. The summed E-state index contributed by atoms with van der Waals surface area (Å²) in [6.45, 7) is -1.01. The Morgan fingerprint density at radius 1 is 1.00 bits per heavy atom. The van der Waals surface area contributed by atoms with E-state index in [0.717, 1.165) is 5.56 Å². The maximum Gasteiger partial charge on any atom is 0.433 e. The maximum absolute atomic E-state index is 13.4. The number of alkyl halides is 1. The lowest BCUT2D eigenvalue weighted by Gasteiger charge is -2.18. The van der Waals surface area contributed by atoms with Gasteiger partial charge in [0.1, 0.15) is 18.6 Å². The summed E-state index contributed by atoms with van der Waals surface area (Å²) in [5, 5.41) is 13.5. The van der Waals surface area contributed by atoms with Gasteiger partial charge in [-0.1, -0.05) is 54.6 Å². The molecule has 0 bridgehead atoms. The number of nitrogens with two attached hydrogens (primary N) is 2. The molecule has 0 aliphatic heterocycles. The fraction of sp³-hybridized carbons (Fsp3) is 0.273. The molecule has 2 atom stereocenters. The standard InChI is InChI=1S/C22H26FN5O4/c23-12-18(27-20(29)17(24)11-8-14-4-2-1-3-5-14)21(30)26-13-15-6-9-16(10-7-15)19(25)28-22(31)32/h1-7,9-10,17-18H,8,11-13,24H2,(H2,25,28)(H,26,30)(H,27,29)(H,31,32)/t17-,18?/m1/s1. The van der Waals surface area contributed by atoms with Gasteiger partial charge in [-0.2, -0.15) is 4.99 Å². The van der Waals surface area contributed by atoms with Crippen LogP contribution in [0.25, 0.3) is 0 Å². The van der Waals surface area contributed by atoms with Crippen molar-refractivity contribution in [2.75, 3.05) is 6.67 Å². The van der Waals surface area contributed by atoms with Crippen LogP contribution >= 0.6 is 0 Å². The van der Waals surface area contributed by atoms with Crippen LogP contribution in [-0.2, 0) is 22.6 Å². The fourth-order valence-corrected chi connectivity index (χ4v) is 2.82. The van der Waals surface area contributed by atoms with Gasteiger partial charge >= 0.3 is 6.09 Å². The molecule has 0 aliphatic carbocycles. The number of hydrogen-bond acceptors (Lipinski definition) is 4. The number of amidine groups is 1. The first kappa shape index (κ1) is 24.5. The second-order valence-corrected chi connectivity index (χ2v) is 7.04. The molecule has 0 aromatic heterocycles. The highest BCUT2D eigenvalue weighted by Gasteiger charge is 2.23. The Morgan fingerprint density at radius 2 is 1.66 bits per heavy atom. The van der Waals surface area contributed by atoms with Gasteiger partial charge in [0.2, 0.25) is 11.8 Å². The van der Waals surface area contributed by atoms with Crippen molar-refractivity contribution in [3.05, 3.63) is 71.3 Å². The lowest BCUT2D eigenvalue weighted by Crippen LogP contribution is -2.52. The monoisotopic (exact) mass is 443 g/mol. The lowest BCUT2D eigenvalue weighted by atomic mass is 10.1. The highest BCUT2D eigenvalue weighted by molar-refractivity contribution is 6.02. The minimum Gasteiger partial charge on any atom is -0.463 e. The minimum atomic E-state index is -1.40. The molecular weight excluding hydrogens is 417 g/mol. The summed E-state index contributed by atoms with van der Waals surface area (Å²) >= 11 is 0. The van der Waals surface area contributed by atoms with Crippen LogP contribution < -0.4 is 22.1 Å². The average Bonchev–Trinajstić information content (AvgIpc) is 2.79. The smallest absolute Gasteiger partial charge is 0.433 e. The van der Waals surface area contributed by atoms with Crippen molar-refractivity contribution < 1.29 is 23.9 Å². The molecule has 7 N–H and O–H groups in total. The number of rotatable bonds is 10. The Labute approximate surface area is 184 Å². The van der Waals surface area contributed by atoms with Gasteiger partial charge in [-0.3, -0.25) is 9.59 Å². The van der Waals surface area contributed by atoms with Gasteiger partial charge in [0.05, 0.1) is 6.04 Å². The van der Waals surface area contributed by atoms with Crippen LogP contribution in [0, 0.1) is 0 Å². The first-order valence-corrected chi connectivity index (χ1v) is 9.90. The van der Waals surface area contributed by atoms with E-state index in [0.29, 0.717) is 24.0 Å². The van der Waals surface area contributed by atoms with E-state index in [1.54, 1.807) is 24.3 Å². The molecule has 2 aromatic rings. The van der Waals surface area contributed by atoms with Crippen molar-refractivity contribution >= 4 is 23.7 Å². The molecule has 0 spiro atoms. The Morgan fingerprint density at radius 3 is 2.25 bits per heavy atom. The summed E-state index contributed by atoms with van der Waals surface area (Å²) < 4.78 is 13.4. The van der Waals surface area contributed by atoms with Crippen molar-refractivity contribution in [3.63, 3.8) is 0 Å². The van der Waals surface area contributed by atoms with Gasteiger partial charge in [0.25, 0.3) is 0 Å². The molecule has 0 fully saturated rings. The topological polar surface area (TPSA) is 160 Å². The lowest BCUT2D eigenvalue weighted by molar-refractivity contribution is -0.130. The number of hydrogen-bond donors (Lipinski definition) is 5. The second kappa shape index (κ2) is 12.2. The Hall–Kier alpha value is -3.79. The quantitative estimate of drug-likeness (QED) is 0.273. The number of amides is 3. The molecule has 3 amide bonds. The van der Waals surface area contributed by atoms with Gasteiger partial charge in [0.15, 0.2) is 0 Å². The molecule has 0 radical (unpaired) electrons. The fourth-order valence-electron chi connectivity index (χ4n) is 2.82. The summed E-state index contributed by atoms with van der Waals surface area (Å²) in [4.78, 5) is 38.3. The minimum absolute atomic E-state index is 0.0710. The van der Waals surface area contributed by atoms with Gasteiger partial charge < -0.3 is 27.2 Å². The van der Waals surface area contributed by atoms with Crippen LogP contribution in [-0.4, -0.2) is 47.6 Å². The van der Waals surface area contributed by atoms with E-state index in [9.17, 15) is 18.8 Å². The first-order valence-electron chi connectivity index (χ1n) is 9.90. The third kappa shape index (κ3) is 7.80. The number of nitrogens with zero attached hydrogens (tertiary/aromatic N) is 1. The van der Waals surface area contributed by atoms with E-state index in [4.69, 9.17) is 16.6 Å². The second-order valence-electron chi connectivity index (χ2n) is 7.04. The molecule has 10 heteroatoms. The van der Waals surface area contributed by atoms with Crippen LogP contribution in [0.1, 0.15) is 23.1 Å². The first-order chi connectivity index (χ1) is 15.3. The summed E-state index contributed by atoms with van der Waals surface area (Å²) in [6.07, 6.45) is -0.463. The van der Waals surface area contributed by atoms with E-state index in [-0.39, 0.29) is 12.4 Å². The molecule has 2 rings (SSSR count). The number of benzene rings is 2. The Kier molecular flexibility index (Phi) is 9.30. The number of halogens is 1. The van der Waals surface area contributed by atoms with Crippen molar-refractivity contribution in [2.45, 2.75) is 31.5 Å². The highest BCUT2D eigenvalue weighted by Crippen LogP contribution is 2.06. The zero-order valence-electron chi connectivity index (χ0n) is 17.3. The van der Waals surface area contributed by atoms with Gasteiger partial charge in [-0.15, -0.1) is 0 Å². The third-order valence-corrected chi connectivity index (χ3v) is 4.64. The molecule has 0 heterocycles. The predicted molar refractivity (Wildman–Crippen MR) is 118 cm³/mol. The molecule has 32 heavy (non-hydrogen) atoms. The molecule has 0 aliphatic rings. The number of aryl methyl sites for hydroxylation is 1. The van der Waals surface area contributed by atoms with Crippen molar-refractivity contribution in [1.29, 1.82) is 0 Å². The average molecular weight is 443 g/mol. The third-order valence-electron chi connectivity index (χ3n) is 4.64. The summed E-state index contributed by atoms with van der Waals surface area (Å²) in [6, 6.07) is 13.6. The largest absolute Gasteiger partial charge is 0.463 e. The predicted octanol–water partition coefficient (Wildman–Crippen LogP) is 1.10. The van der Waals surface area contributed by atoms with E-state index >= 15 is 0 Å². The Bertz CT molecular complexity index is 951. The van der Waals surface area contributed by atoms with Crippen LogP contribution in [0.5, 0.6) is 0 Å². The number of carbonyl (C=O) groups is 3. The molecule has 0 saturated carbocycles. The van der Waals surface area contributed by atoms with Crippen molar-refractivity contribution in [2.24, 2.45) is 16.5 Å². The van der Waals surface area contributed by atoms with E-state index in [1.807, 2.05) is 30.3 Å². The van der Waals surface area contributed by atoms with Crippen LogP contribution in [0.15, 0.2) is 59.6 Å². The number of carbonyl (C=O) groups excluding carboxylic acids is 2. The zero-order chi connectivity index (χ0) is 23.5. The number of carboxylic acid groups (broad SMARTS) is 1. The van der Waals surface area contributed by atoms with E-state index < -0.39 is 36.7 Å². The van der Waals surface area contributed by atoms with E-state index in [2.05, 4.69) is 15.6 Å². The summed E-state index contributed by atoms with van der Waals surface area (Å²) in [7, 11) is 0. The normalized spacial score (nSPS) is 13.1. The maximum atomic E-state index is 13.4. The SMILES string of the molecule is NC(=NC(=O)O)c1ccc(CNC(=O)C(CF)NC(=O)[C@H](N)CCc2ccccc2)cc1. The van der Waals surface area contributed by atoms with Crippen molar-refractivity contribution in [1.82, 2.24) is 10.6 Å². The number of nitrogens with one attached hydrogen (secondary N) is 2. The molecule has 1 unspecified atom stereocenters. The Balaban J connectivity index is 1.84. The van der Waals surface area contributed by atoms with Crippen LogP contribution in [0.4, 0.5) is 9.18 Å². The molecule has 170 valence electrons. The highest BCUT2D eigenvalue weighted by atomic mass is 19.1. The van der Waals surface area contributed by atoms with Gasteiger partial charge in [-0.05, 0) is 24.0 Å². The summed E-state index contributed by atoms with van der Waals surface area (Å²) in [5.41, 5.74) is 13.5. The van der Waals surface area contributed by atoms with Crippen LogP contribution in [0.2, 0.25) is 0 Å². The van der Waals surface area contributed by atoms with Gasteiger partial charge in [-0.25, -0.2) is 9.18 Å². The zero-order valence-corrected chi connectivity index (χ0v) is 17.3. The van der Waals surface area contributed by atoms with Gasteiger partial charge in [0, 0.05) is 12.1 Å². The summed E-state index contributed by atoms with van der Waals surface area (Å²) in [5.74, 6) is -1.44.